The normalized spacial score (nSPS) is 11.6. The summed E-state index contributed by atoms with van der Waals surface area (Å²) in [6, 6.07) is 4.31. The van der Waals surface area contributed by atoms with Gasteiger partial charge in [0.15, 0.2) is 11.6 Å². The predicted octanol–water partition coefficient (Wildman–Crippen LogP) is 1.73. The standard InChI is InChI=1S/C14H18FNO3/c1-14(2,9-17)16-13(18)7-5-10-4-6-11(15)12(8-10)19-3/h4-8,17H,9H2,1-3H3,(H,16,18)/b7-5+. The fourth-order valence-electron chi connectivity index (χ4n) is 1.37. The number of ether oxygens (including phenoxy) is 1. The summed E-state index contributed by atoms with van der Waals surface area (Å²) in [4.78, 5) is 11.6. The van der Waals surface area contributed by atoms with Crippen LogP contribution in [0.5, 0.6) is 5.75 Å². The second-order valence-corrected chi connectivity index (χ2v) is 4.76. The number of nitrogens with one attached hydrogen (secondary N) is 1. The molecule has 0 aliphatic heterocycles. The molecule has 0 aliphatic carbocycles. The van der Waals surface area contributed by atoms with Crippen LogP contribution >= 0.6 is 0 Å². The maximum atomic E-state index is 13.2. The Morgan fingerprint density at radius 1 is 1.53 bits per heavy atom. The first kappa shape index (κ1) is 15.2. The number of halogens is 1. The number of methoxy groups -OCH3 is 1. The predicted molar refractivity (Wildman–Crippen MR) is 71.3 cm³/mol. The van der Waals surface area contributed by atoms with E-state index in [9.17, 15) is 9.18 Å². The first-order valence-electron chi connectivity index (χ1n) is 5.82. The van der Waals surface area contributed by atoms with E-state index in [1.54, 1.807) is 26.0 Å². The molecular weight excluding hydrogens is 249 g/mol. The number of hydrogen-bond acceptors (Lipinski definition) is 3. The number of rotatable bonds is 5. The highest BCUT2D eigenvalue weighted by Gasteiger charge is 2.17. The summed E-state index contributed by atoms with van der Waals surface area (Å²) in [6.45, 7) is 3.26. The number of carbonyl (C=O) groups excluding carboxylic acids is 1. The zero-order valence-corrected chi connectivity index (χ0v) is 11.2. The van der Waals surface area contributed by atoms with Gasteiger partial charge in [-0.1, -0.05) is 6.07 Å². The molecular formula is C14H18FNO3. The van der Waals surface area contributed by atoms with Crippen LogP contribution in [0.25, 0.3) is 6.08 Å². The van der Waals surface area contributed by atoms with Gasteiger partial charge < -0.3 is 15.2 Å². The van der Waals surface area contributed by atoms with E-state index in [1.807, 2.05) is 0 Å². The first-order chi connectivity index (χ1) is 8.88. The smallest absolute Gasteiger partial charge is 0.244 e. The molecule has 0 atom stereocenters. The summed E-state index contributed by atoms with van der Waals surface area (Å²) in [6.07, 6.45) is 2.87. The molecule has 0 saturated carbocycles. The van der Waals surface area contributed by atoms with Gasteiger partial charge in [-0.25, -0.2) is 4.39 Å². The molecule has 19 heavy (non-hydrogen) atoms. The molecule has 0 fully saturated rings. The summed E-state index contributed by atoms with van der Waals surface area (Å²) in [7, 11) is 1.38. The van der Waals surface area contributed by atoms with Crippen molar-refractivity contribution in [3.63, 3.8) is 0 Å². The van der Waals surface area contributed by atoms with Crippen LogP contribution in [0, 0.1) is 5.82 Å². The highest BCUT2D eigenvalue weighted by molar-refractivity contribution is 5.92. The van der Waals surface area contributed by atoms with Crippen molar-refractivity contribution in [3.8, 4) is 5.75 Å². The zero-order chi connectivity index (χ0) is 14.5. The quantitative estimate of drug-likeness (QED) is 0.799. The third-order valence-corrected chi connectivity index (χ3v) is 2.46. The second kappa shape index (κ2) is 6.33. The van der Waals surface area contributed by atoms with Crippen LogP contribution in [-0.4, -0.2) is 30.3 Å². The van der Waals surface area contributed by atoms with E-state index >= 15 is 0 Å². The van der Waals surface area contributed by atoms with Crippen molar-refractivity contribution in [2.75, 3.05) is 13.7 Å². The maximum absolute atomic E-state index is 13.2. The number of carbonyl (C=O) groups is 1. The fourth-order valence-corrected chi connectivity index (χ4v) is 1.37. The number of aliphatic hydroxyl groups excluding tert-OH is 1. The van der Waals surface area contributed by atoms with Crippen LogP contribution in [0.4, 0.5) is 4.39 Å². The molecule has 0 spiro atoms. The van der Waals surface area contributed by atoms with E-state index in [2.05, 4.69) is 5.32 Å². The van der Waals surface area contributed by atoms with Gasteiger partial charge in [-0.3, -0.25) is 4.79 Å². The van der Waals surface area contributed by atoms with Crippen LogP contribution in [-0.2, 0) is 4.79 Å². The van der Waals surface area contributed by atoms with Crippen LogP contribution < -0.4 is 10.1 Å². The van der Waals surface area contributed by atoms with E-state index in [1.165, 1.54) is 25.3 Å². The van der Waals surface area contributed by atoms with E-state index in [4.69, 9.17) is 9.84 Å². The SMILES string of the molecule is COc1cc(/C=C/C(=O)NC(C)(C)CO)ccc1F. The van der Waals surface area contributed by atoms with Crippen LogP contribution in [0.2, 0.25) is 0 Å². The second-order valence-electron chi connectivity index (χ2n) is 4.76. The lowest BCUT2D eigenvalue weighted by Gasteiger charge is -2.22. The Labute approximate surface area is 111 Å². The van der Waals surface area contributed by atoms with Gasteiger partial charge in [0.25, 0.3) is 0 Å². The molecule has 0 heterocycles. The summed E-state index contributed by atoms with van der Waals surface area (Å²) in [5, 5.41) is 11.7. The van der Waals surface area contributed by atoms with E-state index < -0.39 is 11.4 Å². The summed E-state index contributed by atoms with van der Waals surface area (Å²) < 4.78 is 18.0. The molecule has 104 valence electrons. The highest BCUT2D eigenvalue weighted by Crippen LogP contribution is 2.18. The van der Waals surface area contributed by atoms with Gasteiger partial charge in [-0.15, -0.1) is 0 Å². The Morgan fingerprint density at radius 3 is 2.79 bits per heavy atom. The van der Waals surface area contributed by atoms with Gasteiger partial charge in [0.05, 0.1) is 19.3 Å². The largest absolute Gasteiger partial charge is 0.494 e. The molecule has 4 nitrogen and oxygen atoms in total. The lowest BCUT2D eigenvalue weighted by Crippen LogP contribution is -2.45. The van der Waals surface area contributed by atoms with Gasteiger partial charge in [0.2, 0.25) is 5.91 Å². The molecule has 0 aliphatic rings. The Bertz CT molecular complexity index is 484. The molecule has 1 aromatic carbocycles. The lowest BCUT2D eigenvalue weighted by molar-refractivity contribution is -0.118. The topological polar surface area (TPSA) is 58.6 Å². The number of amides is 1. The van der Waals surface area contributed by atoms with Crippen molar-refractivity contribution in [1.29, 1.82) is 0 Å². The molecule has 2 N–H and O–H groups in total. The Balaban J connectivity index is 2.74. The Hall–Kier alpha value is -1.88. The molecule has 0 unspecified atom stereocenters. The Kier molecular flexibility index (Phi) is 5.06. The van der Waals surface area contributed by atoms with Crippen molar-refractivity contribution < 1.29 is 19.0 Å². The highest BCUT2D eigenvalue weighted by atomic mass is 19.1. The number of benzene rings is 1. The third kappa shape index (κ3) is 4.71. The Morgan fingerprint density at radius 2 is 2.21 bits per heavy atom. The monoisotopic (exact) mass is 267 g/mol. The van der Waals surface area contributed by atoms with Gasteiger partial charge in [0.1, 0.15) is 0 Å². The lowest BCUT2D eigenvalue weighted by atomic mass is 10.1. The van der Waals surface area contributed by atoms with E-state index in [0.717, 1.165) is 0 Å². The van der Waals surface area contributed by atoms with Crippen LogP contribution in [0.15, 0.2) is 24.3 Å². The fraction of sp³-hybridized carbons (Fsp3) is 0.357. The third-order valence-electron chi connectivity index (χ3n) is 2.46. The molecule has 0 saturated heterocycles. The van der Waals surface area contributed by atoms with E-state index in [-0.39, 0.29) is 18.3 Å². The summed E-state index contributed by atoms with van der Waals surface area (Å²) in [5.74, 6) is -0.661. The summed E-state index contributed by atoms with van der Waals surface area (Å²) in [5.41, 5.74) is -0.0303. The first-order valence-corrected chi connectivity index (χ1v) is 5.82. The van der Waals surface area contributed by atoms with Crippen molar-refractivity contribution in [3.05, 3.63) is 35.7 Å². The molecule has 1 aromatic rings. The minimum Gasteiger partial charge on any atom is -0.494 e. The van der Waals surface area contributed by atoms with Crippen molar-refractivity contribution in [2.24, 2.45) is 0 Å². The van der Waals surface area contributed by atoms with Gasteiger partial charge in [-0.05, 0) is 37.6 Å². The van der Waals surface area contributed by atoms with Gasteiger partial charge in [-0.2, -0.15) is 0 Å². The van der Waals surface area contributed by atoms with Gasteiger partial charge in [0, 0.05) is 6.08 Å². The van der Waals surface area contributed by atoms with Crippen LogP contribution in [0.1, 0.15) is 19.4 Å². The number of aliphatic hydroxyl groups is 1. The zero-order valence-electron chi connectivity index (χ0n) is 11.2. The van der Waals surface area contributed by atoms with Gasteiger partial charge >= 0.3 is 0 Å². The van der Waals surface area contributed by atoms with Crippen molar-refractivity contribution in [2.45, 2.75) is 19.4 Å². The summed E-state index contributed by atoms with van der Waals surface area (Å²) >= 11 is 0. The minimum atomic E-state index is -0.679. The number of hydrogen-bond donors (Lipinski definition) is 2. The molecule has 0 bridgehead atoms. The molecule has 0 aromatic heterocycles. The van der Waals surface area contributed by atoms with E-state index in [0.29, 0.717) is 5.56 Å². The molecule has 0 radical (unpaired) electrons. The minimum absolute atomic E-state index is 0.123. The average Bonchev–Trinajstić information content (AvgIpc) is 2.37. The molecule has 5 heteroatoms. The molecule has 1 amide bonds. The molecule has 1 rings (SSSR count). The maximum Gasteiger partial charge on any atom is 0.244 e. The van der Waals surface area contributed by atoms with Crippen LogP contribution in [0.3, 0.4) is 0 Å². The van der Waals surface area contributed by atoms with Crippen molar-refractivity contribution >= 4 is 12.0 Å². The average molecular weight is 267 g/mol. The van der Waals surface area contributed by atoms with Crippen molar-refractivity contribution in [1.82, 2.24) is 5.32 Å².